The number of methoxy groups -OCH3 is 1. The van der Waals surface area contributed by atoms with E-state index in [4.69, 9.17) is 4.74 Å². The number of ether oxygens (including phenoxy) is 1. The van der Waals surface area contributed by atoms with Crippen LogP contribution in [0.15, 0.2) is 54.6 Å². The summed E-state index contributed by atoms with van der Waals surface area (Å²) in [4.78, 5) is 2.32. The number of likely N-dealkylation sites (N-methyl/N-ethyl adjacent to an activating group) is 1. The molecule has 0 heterocycles. The summed E-state index contributed by atoms with van der Waals surface area (Å²) in [6.07, 6.45) is 2.05. The van der Waals surface area contributed by atoms with Crippen LogP contribution in [0.4, 0.5) is 0 Å². The van der Waals surface area contributed by atoms with Gasteiger partial charge in [0.05, 0.1) is 7.11 Å². The molecule has 21 heavy (non-hydrogen) atoms. The van der Waals surface area contributed by atoms with E-state index in [9.17, 15) is 0 Å². The van der Waals surface area contributed by atoms with Crippen LogP contribution in [-0.4, -0.2) is 31.6 Å². The highest BCUT2D eigenvalue weighted by Gasteiger charge is 2.27. The van der Waals surface area contributed by atoms with Crippen LogP contribution in [0.3, 0.4) is 0 Å². The van der Waals surface area contributed by atoms with Gasteiger partial charge in [0, 0.05) is 5.54 Å². The fourth-order valence-corrected chi connectivity index (χ4v) is 2.60. The average Bonchev–Trinajstić information content (AvgIpc) is 2.49. The monoisotopic (exact) mass is 283 g/mol. The molecule has 0 aromatic heterocycles. The Bertz CT molecular complexity index is 548. The van der Waals surface area contributed by atoms with Crippen molar-refractivity contribution >= 4 is 0 Å². The fourth-order valence-electron chi connectivity index (χ4n) is 2.60. The van der Waals surface area contributed by atoms with Gasteiger partial charge in [-0.2, -0.15) is 0 Å². The van der Waals surface area contributed by atoms with E-state index in [0.29, 0.717) is 0 Å². The molecule has 2 nitrogen and oxygen atoms in total. The predicted molar refractivity (Wildman–Crippen MR) is 88.9 cm³/mol. The maximum atomic E-state index is 5.23. The third-order valence-electron chi connectivity index (χ3n) is 4.25. The zero-order valence-corrected chi connectivity index (χ0v) is 13.5. The highest BCUT2D eigenvalue weighted by Crippen LogP contribution is 2.24. The van der Waals surface area contributed by atoms with Crippen molar-refractivity contribution in [3.63, 3.8) is 0 Å². The van der Waals surface area contributed by atoms with E-state index < -0.39 is 0 Å². The molecule has 0 amide bonds. The zero-order valence-electron chi connectivity index (χ0n) is 13.5. The van der Waals surface area contributed by atoms with Gasteiger partial charge < -0.3 is 9.64 Å². The third-order valence-corrected chi connectivity index (χ3v) is 4.25. The molecule has 0 saturated heterocycles. The van der Waals surface area contributed by atoms with E-state index in [1.165, 1.54) is 11.1 Å². The summed E-state index contributed by atoms with van der Waals surface area (Å²) < 4.78 is 5.23. The van der Waals surface area contributed by atoms with Crippen LogP contribution in [0.1, 0.15) is 18.1 Å². The van der Waals surface area contributed by atoms with Crippen LogP contribution in [0.25, 0.3) is 0 Å². The smallest absolute Gasteiger partial charge is 0.118 e. The molecule has 0 spiro atoms. The minimum absolute atomic E-state index is 0.0932. The molecular formula is C19H25NO. The molecule has 1 unspecified atom stereocenters. The molecule has 2 rings (SSSR count). The second-order valence-corrected chi connectivity index (χ2v) is 6.08. The molecule has 0 aliphatic rings. The fraction of sp³-hybridized carbons (Fsp3) is 0.368. The van der Waals surface area contributed by atoms with Crippen molar-refractivity contribution in [1.82, 2.24) is 4.90 Å². The van der Waals surface area contributed by atoms with Crippen LogP contribution in [-0.2, 0) is 12.8 Å². The Morgan fingerprint density at radius 3 is 1.86 bits per heavy atom. The van der Waals surface area contributed by atoms with E-state index in [0.717, 1.165) is 18.6 Å². The Kier molecular flexibility index (Phi) is 5.03. The van der Waals surface area contributed by atoms with Gasteiger partial charge in [0.15, 0.2) is 0 Å². The Labute approximate surface area is 128 Å². The predicted octanol–water partition coefficient (Wildman–Crippen LogP) is 3.80. The molecule has 0 saturated carbocycles. The first-order chi connectivity index (χ1) is 10.0. The molecule has 2 aromatic carbocycles. The molecule has 2 aromatic rings. The third kappa shape index (κ3) is 4.08. The largest absolute Gasteiger partial charge is 0.497 e. The minimum atomic E-state index is 0.0932. The van der Waals surface area contributed by atoms with Gasteiger partial charge in [-0.3, -0.25) is 0 Å². The van der Waals surface area contributed by atoms with Crippen LogP contribution in [0, 0.1) is 0 Å². The van der Waals surface area contributed by atoms with Gasteiger partial charge in [-0.15, -0.1) is 0 Å². The molecule has 0 radical (unpaired) electrons. The number of benzene rings is 2. The number of hydrogen-bond acceptors (Lipinski definition) is 2. The Morgan fingerprint density at radius 2 is 1.38 bits per heavy atom. The molecule has 0 aliphatic heterocycles. The van der Waals surface area contributed by atoms with Crippen molar-refractivity contribution < 1.29 is 4.74 Å². The van der Waals surface area contributed by atoms with Gasteiger partial charge in [0.1, 0.15) is 5.75 Å². The van der Waals surface area contributed by atoms with E-state index in [2.05, 4.69) is 68.4 Å². The molecule has 1 atom stereocenters. The normalized spacial score (nSPS) is 14.0. The second-order valence-electron chi connectivity index (χ2n) is 6.08. The van der Waals surface area contributed by atoms with Crippen LogP contribution in [0.2, 0.25) is 0 Å². The lowest BCUT2D eigenvalue weighted by Crippen LogP contribution is -2.45. The Balaban J connectivity index is 2.17. The maximum Gasteiger partial charge on any atom is 0.118 e. The summed E-state index contributed by atoms with van der Waals surface area (Å²) in [5, 5.41) is 0. The maximum absolute atomic E-state index is 5.23. The number of rotatable bonds is 6. The lowest BCUT2D eigenvalue weighted by atomic mass is 9.85. The van der Waals surface area contributed by atoms with Crippen molar-refractivity contribution in [1.29, 1.82) is 0 Å². The molecule has 2 heteroatoms. The highest BCUT2D eigenvalue weighted by atomic mass is 16.5. The van der Waals surface area contributed by atoms with Gasteiger partial charge in [-0.25, -0.2) is 0 Å². The molecule has 0 aliphatic carbocycles. The van der Waals surface area contributed by atoms with Crippen molar-refractivity contribution in [2.75, 3.05) is 21.2 Å². The van der Waals surface area contributed by atoms with E-state index in [-0.39, 0.29) is 5.54 Å². The van der Waals surface area contributed by atoms with Gasteiger partial charge in [0.2, 0.25) is 0 Å². The van der Waals surface area contributed by atoms with Crippen molar-refractivity contribution in [2.45, 2.75) is 25.3 Å². The van der Waals surface area contributed by atoms with E-state index in [1.807, 2.05) is 12.1 Å². The van der Waals surface area contributed by atoms with E-state index >= 15 is 0 Å². The summed E-state index contributed by atoms with van der Waals surface area (Å²) in [6, 6.07) is 19.1. The van der Waals surface area contributed by atoms with Crippen LogP contribution < -0.4 is 4.74 Å². The summed E-state index contributed by atoms with van der Waals surface area (Å²) in [7, 11) is 6.02. The second kappa shape index (κ2) is 6.77. The highest BCUT2D eigenvalue weighted by molar-refractivity contribution is 5.29. The van der Waals surface area contributed by atoms with Crippen LogP contribution in [0.5, 0.6) is 5.75 Å². The van der Waals surface area contributed by atoms with Crippen molar-refractivity contribution in [2.24, 2.45) is 0 Å². The zero-order chi connectivity index (χ0) is 15.3. The standard InChI is InChI=1S/C19H25NO/c1-19(20(2)3,14-16-8-6-5-7-9-16)15-17-10-12-18(21-4)13-11-17/h5-13H,14-15H2,1-4H3. The number of nitrogens with zero attached hydrogens (tertiary/aromatic N) is 1. The molecule has 112 valence electrons. The molecule has 0 N–H and O–H groups in total. The first kappa shape index (κ1) is 15.6. The molecule has 0 fully saturated rings. The Morgan fingerprint density at radius 1 is 0.857 bits per heavy atom. The molecule has 0 bridgehead atoms. The Hall–Kier alpha value is -1.80. The van der Waals surface area contributed by atoms with Crippen LogP contribution >= 0.6 is 0 Å². The summed E-state index contributed by atoms with van der Waals surface area (Å²) in [5.41, 5.74) is 2.81. The average molecular weight is 283 g/mol. The summed E-state index contributed by atoms with van der Waals surface area (Å²) in [6.45, 7) is 2.32. The lowest BCUT2D eigenvalue weighted by molar-refractivity contribution is 0.171. The summed E-state index contributed by atoms with van der Waals surface area (Å²) in [5.74, 6) is 0.911. The molecular weight excluding hydrogens is 258 g/mol. The van der Waals surface area contributed by atoms with E-state index in [1.54, 1.807) is 7.11 Å². The number of hydrogen-bond donors (Lipinski definition) is 0. The lowest BCUT2D eigenvalue weighted by Gasteiger charge is -2.37. The van der Waals surface area contributed by atoms with Gasteiger partial charge in [-0.1, -0.05) is 42.5 Å². The first-order valence-corrected chi connectivity index (χ1v) is 7.38. The minimum Gasteiger partial charge on any atom is -0.497 e. The van der Waals surface area contributed by atoms with Crippen molar-refractivity contribution in [3.8, 4) is 5.75 Å². The van der Waals surface area contributed by atoms with Crippen molar-refractivity contribution in [3.05, 3.63) is 65.7 Å². The van der Waals surface area contributed by atoms with Gasteiger partial charge >= 0.3 is 0 Å². The SMILES string of the molecule is COc1ccc(CC(C)(Cc2ccccc2)N(C)C)cc1. The summed E-state index contributed by atoms with van der Waals surface area (Å²) >= 11 is 0. The van der Waals surface area contributed by atoms with Gasteiger partial charge in [0.25, 0.3) is 0 Å². The quantitative estimate of drug-likeness (QED) is 0.799. The first-order valence-electron chi connectivity index (χ1n) is 7.38. The van der Waals surface area contributed by atoms with Gasteiger partial charge in [-0.05, 0) is 57.1 Å². The topological polar surface area (TPSA) is 12.5 Å².